The summed E-state index contributed by atoms with van der Waals surface area (Å²) in [4.78, 5) is 12.5. The molecule has 0 N–H and O–H groups in total. The molecule has 1 atom stereocenters. The Morgan fingerprint density at radius 1 is 1.03 bits per heavy atom. The van der Waals surface area contributed by atoms with Gasteiger partial charge in [0, 0.05) is 17.3 Å². The molecule has 1 unspecified atom stereocenters. The van der Waals surface area contributed by atoms with Crippen LogP contribution in [0.25, 0.3) is 17.1 Å². The fraction of sp³-hybridized carbons (Fsp3) is 0.375. The minimum absolute atomic E-state index is 0.234. The van der Waals surface area contributed by atoms with Crippen LogP contribution in [0.1, 0.15) is 32.3 Å². The summed E-state index contributed by atoms with van der Waals surface area (Å²) in [6, 6.07) is 13.7. The zero-order valence-electron chi connectivity index (χ0n) is 19.1. The number of carbonyl (C=O) groups is 1. The lowest BCUT2D eigenvalue weighted by Gasteiger charge is -2.16. The van der Waals surface area contributed by atoms with Gasteiger partial charge in [-0.3, -0.25) is 9.36 Å². The van der Waals surface area contributed by atoms with Gasteiger partial charge in [-0.05, 0) is 44.5 Å². The van der Waals surface area contributed by atoms with Crippen LogP contribution in [0.2, 0.25) is 0 Å². The number of carbonyl (C=O) groups excluding carboxylic acids is 1. The molecular formula is C24H29N3O4S. The first kappa shape index (κ1) is 23.7. The molecule has 7 nitrogen and oxygen atoms in total. The lowest BCUT2D eigenvalue weighted by molar-refractivity contribution is -0.142. The molecule has 8 heteroatoms. The van der Waals surface area contributed by atoms with Crippen molar-refractivity contribution in [2.24, 2.45) is 0 Å². The molecule has 32 heavy (non-hydrogen) atoms. The van der Waals surface area contributed by atoms with Crippen LogP contribution < -0.4 is 9.47 Å². The Kier molecular flexibility index (Phi) is 8.16. The van der Waals surface area contributed by atoms with Crippen LogP contribution in [0.15, 0.2) is 47.6 Å². The van der Waals surface area contributed by atoms with Gasteiger partial charge >= 0.3 is 5.97 Å². The average Bonchev–Trinajstić information content (AvgIpc) is 3.22. The highest BCUT2D eigenvalue weighted by atomic mass is 32.2. The molecule has 0 radical (unpaired) electrons. The molecule has 0 aliphatic carbocycles. The second kappa shape index (κ2) is 11.0. The average molecular weight is 456 g/mol. The van der Waals surface area contributed by atoms with E-state index in [9.17, 15) is 4.79 Å². The van der Waals surface area contributed by atoms with E-state index in [0.717, 1.165) is 23.2 Å². The van der Waals surface area contributed by atoms with Crippen molar-refractivity contribution >= 4 is 17.7 Å². The number of nitrogens with zero attached hydrogens (tertiary/aromatic N) is 3. The molecule has 0 amide bonds. The summed E-state index contributed by atoms with van der Waals surface area (Å²) >= 11 is 1.37. The second-order valence-electron chi connectivity index (χ2n) is 7.23. The number of hydrogen-bond donors (Lipinski definition) is 0. The fourth-order valence-electron chi connectivity index (χ4n) is 3.25. The van der Waals surface area contributed by atoms with E-state index in [1.807, 2.05) is 67.8 Å². The predicted octanol–water partition coefficient (Wildman–Crippen LogP) is 5.08. The quantitative estimate of drug-likeness (QED) is 0.311. The third-order valence-corrected chi connectivity index (χ3v) is 6.07. The first-order valence-electron chi connectivity index (χ1n) is 10.6. The molecule has 1 aromatic heterocycles. The van der Waals surface area contributed by atoms with Crippen molar-refractivity contribution in [3.63, 3.8) is 0 Å². The fourth-order valence-corrected chi connectivity index (χ4v) is 4.40. The normalized spacial score (nSPS) is 11.8. The van der Waals surface area contributed by atoms with Gasteiger partial charge < -0.3 is 14.2 Å². The lowest BCUT2D eigenvalue weighted by atomic mass is 10.1. The molecule has 170 valence electrons. The van der Waals surface area contributed by atoms with Gasteiger partial charge in [0.2, 0.25) is 0 Å². The number of esters is 1. The van der Waals surface area contributed by atoms with Gasteiger partial charge in [-0.1, -0.05) is 42.8 Å². The smallest absolute Gasteiger partial charge is 0.319 e. The monoisotopic (exact) mass is 455 g/mol. The van der Waals surface area contributed by atoms with Crippen molar-refractivity contribution in [2.75, 3.05) is 20.8 Å². The molecule has 0 aliphatic heterocycles. The Balaban J connectivity index is 2.12. The molecular weight excluding hydrogens is 426 g/mol. The number of aromatic nitrogens is 3. The molecule has 3 aromatic rings. The number of benzene rings is 2. The van der Waals surface area contributed by atoms with Gasteiger partial charge in [0.05, 0.1) is 20.8 Å². The van der Waals surface area contributed by atoms with Crippen LogP contribution in [0.3, 0.4) is 0 Å². The summed E-state index contributed by atoms with van der Waals surface area (Å²) in [5.41, 5.74) is 2.85. The molecule has 0 aliphatic rings. The van der Waals surface area contributed by atoms with E-state index in [1.54, 1.807) is 14.2 Å². The number of hydrogen-bond acceptors (Lipinski definition) is 7. The van der Waals surface area contributed by atoms with Gasteiger partial charge in [-0.15, -0.1) is 10.2 Å². The Bertz CT molecular complexity index is 1030. The van der Waals surface area contributed by atoms with E-state index in [1.165, 1.54) is 11.8 Å². The van der Waals surface area contributed by atoms with Crippen LogP contribution in [0.5, 0.6) is 11.5 Å². The highest BCUT2D eigenvalue weighted by Gasteiger charge is 2.26. The van der Waals surface area contributed by atoms with E-state index >= 15 is 0 Å². The number of methoxy groups -OCH3 is 2. The topological polar surface area (TPSA) is 75.5 Å². The molecule has 0 spiro atoms. The first-order chi connectivity index (χ1) is 15.5. The van der Waals surface area contributed by atoms with E-state index in [-0.39, 0.29) is 11.2 Å². The summed E-state index contributed by atoms with van der Waals surface area (Å²) in [5.74, 6) is 1.71. The lowest BCUT2D eigenvalue weighted by Crippen LogP contribution is -2.20. The SMILES string of the molecule is CCCC(Sc1nnc(-c2cc(OC)cc(OC)c2)n1-c1ccc(C)cc1)C(=O)OCC. The first-order valence-corrected chi connectivity index (χ1v) is 11.5. The van der Waals surface area contributed by atoms with Crippen molar-refractivity contribution in [1.29, 1.82) is 0 Å². The van der Waals surface area contributed by atoms with Gasteiger partial charge in [0.15, 0.2) is 11.0 Å². The third-order valence-electron chi connectivity index (χ3n) is 4.88. The van der Waals surface area contributed by atoms with Crippen molar-refractivity contribution in [3.8, 4) is 28.6 Å². The maximum absolute atomic E-state index is 12.5. The van der Waals surface area contributed by atoms with E-state index in [4.69, 9.17) is 14.2 Å². The van der Waals surface area contributed by atoms with Gasteiger partial charge in [0.1, 0.15) is 16.7 Å². The predicted molar refractivity (Wildman–Crippen MR) is 126 cm³/mol. The second-order valence-corrected chi connectivity index (χ2v) is 8.40. The Morgan fingerprint density at radius 2 is 1.69 bits per heavy atom. The molecule has 1 heterocycles. The highest BCUT2D eigenvalue weighted by molar-refractivity contribution is 8.00. The molecule has 2 aromatic carbocycles. The number of aryl methyl sites for hydroxylation is 1. The summed E-state index contributed by atoms with van der Waals surface area (Å²) < 4.78 is 18.1. The Hall–Kier alpha value is -3.00. The standard InChI is InChI=1S/C24H29N3O4S/c1-6-8-21(23(28)31-7-2)32-24-26-25-22(27(24)18-11-9-16(3)10-12-18)17-13-19(29-4)15-20(14-17)30-5/h9-15,21H,6-8H2,1-5H3. The van der Waals surface area contributed by atoms with E-state index < -0.39 is 0 Å². The summed E-state index contributed by atoms with van der Waals surface area (Å²) in [6.07, 6.45) is 1.54. The van der Waals surface area contributed by atoms with Crippen molar-refractivity contribution in [1.82, 2.24) is 14.8 Å². The molecule has 0 saturated heterocycles. The maximum atomic E-state index is 12.5. The van der Waals surface area contributed by atoms with Crippen LogP contribution in [-0.2, 0) is 9.53 Å². The van der Waals surface area contributed by atoms with Crippen LogP contribution in [-0.4, -0.2) is 46.8 Å². The minimum Gasteiger partial charge on any atom is -0.497 e. The third kappa shape index (κ3) is 5.43. The van der Waals surface area contributed by atoms with Gasteiger partial charge in [-0.25, -0.2) is 0 Å². The number of ether oxygens (including phenoxy) is 3. The highest BCUT2D eigenvalue weighted by Crippen LogP contribution is 2.35. The molecule has 0 fully saturated rings. The summed E-state index contributed by atoms with van der Waals surface area (Å²) in [6.45, 7) is 6.25. The largest absolute Gasteiger partial charge is 0.497 e. The van der Waals surface area contributed by atoms with Crippen molar-refractivity contribution in [2.45, 2.75) is 44.0 Å². The molecule has 0 bridgehead atoms. The van der Waals surface area contributed by atoms with Crippen molar-refractivity contribution < 1.29 is 19.0 Å². The maximum Gasteiger partial charge on any atom is 0.319 e. The zero-order chi connectivity index (χ0) is 23.1. The Labute approximate surface area is 193 Å². The Morgan fingerprint density at radius 3 is 2.25 bits per heavy atom. The van der Waals surface area contributed by atoms with Gasteiger partial charge in [0.25, 0.3) is 0 Å². The van der Waals surface area contributed by atoms with Crippen LogP contribution in [0.4, 0.5) is 0 Å². The van der Waals surface area contributed by atoms with E-state index in [0.29, 0.717) is 35.5 Å². The number of rotatable bonds is 10. The molecule has 0 saturated carbocycles. The molecule has 3 rings (SSSR count). The number of thioether (sulfide) groups is 1. The van der Waals surface area contributed by atoms with Crippen LogP contribution >= 0.6 is 11.8 Å². The summed E-state index contributed by atoms with van der Waals surface area (Å²) in [5, 5.41) is 9.20. The van der Waals surface area contributed by atoms with Crippen molar-refractivity contribution in [3.05, 3.63) is 48.0 Å². The minimum atomic E-state index is -0.360. The van der Waals surface area contributed by atoms with Crippen LogP contribution in [0, 0.1) is 6.92 Å². The summed E-state index contributed by atoms with van der Waals surface area (Å²) in [7, 11) is 3.22. The zero-order valence-corrected chi connectivity index (χ0v) is 19.9. The van der Waals surface area contributed by atoms with Gasteiger partial charge in [-0.2, -0.15) is 0 Å². The van der Waals surface area contributed by atoms with E-state index in [2.05, 4.69) is 10.2 Å².